The summed E-state index contributed by atoms with van der Waals surface area (Å²) in [6.07, 6.45) is 70.8. The molecule has 0 rings (SSSR count). The predicted molar refractivity (Wildman–Crippen MR) is 293 cm³/mol. The molecule has 1 atom stereocenters. The molecule has 6 heteroatoms. The van der Waals surface area contributed by atoms with Crippen LogP contribution in [0, 0.1) is 0 Å². The van der Waals surface area contributed by atoms with Gasteiger partial charge in [-0.25, -0.2) is 0 Å². The summed E-state index contributed by atoms with van der Waals surface area (Å²) in [5.41, 5.74) is 0. The van der Waals surface area contributed by atoms with E-state index in [2.05, 4.69) is 81.5 Å². The van der Waals surface area contributed by atoms with Gasteiger partial charge in [0.25, 0.3) is 0 Å². The fourth-order valence-corrected chi connectivity index (χ4v) is 8.42. The largest absolute Gasteiger partial charge is 0.462 e. The maximum Gasteiger partial charge on any atom is 0.306 e. The lowest BCUT2D eigenvalue weighted by Crippen LogP contribution is -2.30. The maximum absolute atomic E-state index is 12.8. The summed E-state index contributed by atoms with van der Waals surface area (Å²) in [5, 5.41) is 0. The summed E-state index contributed by atoms with van der Waals surface area (Å²) in [4.78, 5) is 38.1. The van der Waals surface area contributed by atoms with Crippen molar-refractivity contribution in [1.29, 1.82) is 0 Å². The minimum absolute atomic E-state index is 0.0928. The van der Waals surface area contributed by atoms with E-state index in [0.29, 0.717) is 19.3 Å². The van der Waals surface area contributed by atoms with Gasteiger partial charge in [0.2, 0.25) is 0 Å². The highest BCUT2D eigenvalue weighted by atomic mass is 16.6. The van der Waals surface area contributed by atoms with Crippen molar-refractivity contribution in [1.82, 2.24) is 0 Å². The molecule has 394 valence electrons. The summed E-state index contributed by atoms with van der Waals surface area (Å²) in [7, 11) is 0. The van der Waals surface area contributed by atoms with Gasteiger partial charge in [-0.1, -0.05) is 281 Å². The van der Waals surface area contributed by atoms with E-state index in [1.54, 1.807) is 0 Å². The normalized spacial score (nSPS) is 12.5. The Kier molecular flexibility index (Phi) is 54.3. The first kappa shape index (κ1) is 65.1. The van der Waals surface area contributed by atoms with Crippen LogP contribution in [0.3, 0.4) is 0 Å². The molecule has 0 saturated carbocycles. The van der Waals surface area contributed by atoms with Crippen molar-refractivity contribution in [3.05, 3.63) is 60.8 Å². The molecule has 0 aromatic rings. The Labute approximate surface area is 421 Å². The predicted octanol–water partition coefficient (Wildman–Crippen LogP) is 19.6. The van der Waals surface area contributed by atoms with Gasteiger partial charge in [-0.05, 0) is 57.8 Å². The molecule has 0 aromatic heterocycles. The van der Waals surface area contributed by atoms with Crippen LogP contribution in [-0.4, -0.2) is 37.2 Å². The Morgan fingerprint density at radius 2 is 0.574 bits per heavy atom. The van der Waals surface area contributed by atoms with E-state index in [1.807, 2.05) is 0 Å². The number of hydrogen-bond donors (Lipinski definition) is 0. The third-order valence-electron chi connectivity index (χ3n) is 12.8. The molecule has 0 bridgehead atoms. The fourth-order valence-electron chi connectivity index (χ4n) is 8.42. The molecule has 0 unspecified atom stereocenters. The summed E-state index contributed by atoms with van der Waals surface area (Å²) in [6, 6.07) is 0. The number of rotatable bonds is 53. The second kappa shape index (κ2) is 56.7. The highest BCUT2D eigenvalue weighted by Gasteiger charge is 2.19. The van der Waals surface area contributed by atoms with E-state index in [1.165, 1.54) is 173 Å². The summed E-state index contributed by atoms with van der Waals surface area (Å²) < 4.78 is 16.8. The Morgan fingerprint density at radius 3 is 0.882 bits per heavy atom. The molecule has 0 aliphatic heterocycles. The van der Waals surface area contributed by atoms with E-state index in [9.17, 15) is 14.4 Å². The van der Waals surface area contributed by atoms with E-state index in [4.69, 9.17) is 14.2 Å². The first-order valence-electron chi connectivity index (χ1n) is 29.3. The lowest BCUT2D eigenvalue weighted by Gasteiger charge is -2.18. The smallest absolute Gasteiger partial charge is 0.306 e. The highest BCUT2D eigenvalue weighted by molar-refractivity contribution is 5.71. The molecule has 0 aliphatic carbocycles. The summed E-state index contributed by atoms with van der Waals surface area (Å²) in [5.74, 6) is -0.938. The molecule has 0 fully saturated rings. The SMILES string of the molecule is CC/C=C\C/C=C\C/C=C\C/C=C\C/C=C\CCCC(=O)O[C@@H](COC(=O)CCCCCCCCCCCCCC)COC(=O)CCCCCCCCCCCCCCCCCCCCCCC. The van der Waals surface area contributed by atoms with Gasteiger partial charge in [0.15, 0.2) is 6.10 Å². The van der Waals surface area contributed by atoms with Crippen LogP contribution in [0.2, 0.25) is 0 Å². The number of unbranched alkanes of at least 4 members (excludes halogenated alkanes) is 32. The van der Waals surface area contributed by atoms with Crippen LogP contribution in [0.4, 0.5) is 0 Å². The molecule has 68 heavy (non-hydrogen) atoms. The zero-order chi connectivity index (χ0) is 49.3. The fraction of sp³-hybridized carbons (Fsp3) is 0.790. The molecule has 0 heterocycles. The van der Waals surface area contributed by atoms with Gasteiger partial charge in [-0.3, -0.25) is 14.4 Å². The molecule has 0 aromatic carbocycles. The standard InChI is InChI=1S/C62H110O6/c1-4-7-10-13-16-19-22-25-27-29-30-31-32-34-35-37-40-43-46-49-52-55-61(64)67-58-59(57-66-60(63)54-51-48-45-42-39-24-21-18-15-12-9-6-3)68-62(65)56-53-50-47-44-41-38-36-33-28-26-23-20-17-14-11-8-5-2/h8,11,17,20,26,28,36,38,44,47,59H,4-7,9-10,12-16,18-19,21-25,27,29-35,37,39-43,45-46,48-58H2,1-3H3/b11-8-,20-17-,28-26-,38-36-,47-44-/t59-/m0/s1. The molecular formula is C62H110O6. The van der Waals surface area contributed by atoms with Gasteiger partial charge < -0.3 is 14.2 Å². The third-order valence-corrected chi connectivity index (χ3v) is 12.8. The van der Waals surface area contributed by atoms with Crippen LogP contribution >= 0.6 is 0 Å². The Morgan fingerprint density at radius 1 is 0.309 bits per heavy atom. The molecule has 0 aliphatic rings. The molecular weight excluding hydrogens is 841 g/mol. The number of hydrogen-bond acceptors (Lipinski definition) is 6. The van der Waals surface area contributed by atoms with E-state index in [-0.39, 0.29) is 37.5 Å². The summed E-state index contributed by atoms with van der Waals surface area (Å²) >= 11 is 0. The second-order valence-electron chi connectivity index (χ2n) is 19.5. The lowest BCUT2D eigenvalue weighted by molar-refractivity contribution is -0.167. The number of allylic oxidation sites excluding steroid dienone is 10. The van der Waals surface area contributed by atoms with Crippen molar-refractivity contribution in [3.63, 3.8) is 0 Å². The molecule has 0 N–H and O–H groups in total. The minimum atomic E-state index is -0.800. The Bertz CT molecular complexity index is 1230. The number of ether oxygens (including phenoxy) is 3. The van der Waals surface area contributed by atoms with Crippen LogP contribution in [0.5, 0.6) is 0 Å². The molecule has 0 amide bonds. The van der Waals surface area contributed by atoms with Crippen molar-refractivity contribution in [3.8, 4) is 0 Å². The van der Waals surface area contributed by atoms with Gasteiger partial charge in [-0.15, -0.1) is 0 Å². The van der Waals surface area contributed by atoms with Crippen molar-refractivity contribution in [2.24, 2.45) is 0 Å². The molecule has 0 radical (unpaired) electrons. The first-order valence-corrected chi connectivity index (χ1v) is 29.3. The number of esters is 3. The molecule has 0 spiro atoms. The monoisotopic (exact) mass is 951 g/mol. The van der Waals surface area contributed by atoms with Crippen LogP contribution < -0.4 is 0 Å². The van der Waals surface area contributed by atoms with Crippen LogP contribution in [-0.2, 0) is 28.6 Å². The van der Waals surface area contributed by atoms with Gasteiger partial charge in [0.05, 0.1) is 0 Å². The van der Waals surface area contributed by atoms with Gasteiger partial charge >= 0.3 is 17.9 Å². The number of carbonyl (C=O) groups excluding carboxylic acids is 3. The van der Waals surface area contributed by atoms with E-state index < -0.39 is 6.10 Å². The second-order valence-corrected chi connectivity index (χ2v) is 19.5. The molecule has 0 saturated heterocycles. The van der Waals surface area contributed by atoms with Crippen LogP contribution in [0.1, 0.15) is 297 Å². The van der Waals surface area contributed by atoms with Crippen molar-refractivity contribution in [2.45, 2.75) is 303 Å². The van der Waals surface area contributed by atoms with Gasteiger partial charge in [-0.2, -0.15) is 0 Å². The summed E-state index contributed by atoms with van der Waals surface area (Å²) in [6.45, 7) is 6.51. The third kappa shape index (κ3) is 54.1. The average Bonchev–Trinajstić information content (AvgIpc) is 3.34. The van der Waals surface area contributed by atoms with Crippen molar-refractivity contribution in [2.75, 3.05) is 13.2 Å². The van der Waals surface area contributed by atoms with Crippen LogP contribution in [0.15, 0.2) is 60.8 Å². The van der Waals surface area contributed by atoms with Gasteiger partial charge in [0, 0.05) is 19.3 Å². The zero-order valence-corrected chi connectivity index (χ0v) is 45.1. The molecule has 6 nitrogen and oxygen atoms in total. The quantitative estimate of drug-likeness (QED) is 0.0262. The lowest BCUT2D eigenvalue weighted by atomic mass is 10.0. The van der Waals surface area contributed by atoms with Crippen molar-refractivity contribution >= 4 is 17.9 Å². The first-order chi connectivity index (χ1) is 33.5. The van der Waals surface area contributed by atoms with Crippen molar-refractivity contribution < 1.29 is 28.6 Å². The van der Waals surface area contributed by atoms with Crippen LogP contribution in [0.25, 0.3) is 0 Å². The zero-order valence-electron chi connectivity index (χ0n) is 45.1. The topological polar surface area (TPSA) is 78.9 Å². The van der Waals surface area contributed by atoms with E-state index >= 15 is 0 Å². The maximum atomic E-state index is 12.8. The van der Waals surface area contributed by atoms with E-state index in [0.717, 1.165) is 77.0 Å². The number of carbonyl (C=O) groups is 3. The Balaban J connectivity index is 4.36. The average molecular weight is 952 g/mol. The van der Waals surface area contributed by atoms with Gasteiger partial charge in [0.1, 0.15) is 13.2 Å². The minimum Gasteiger partial charge on any atom is -0.462 e. The Hall–Kier alpha value is -2.89. The highest BCUT2D eigenvalue weighted by Crippen LogP contribution is 2.17.